The molecule has 3 heteroatoms. The Labute approximate surface area is 115 Å². The van der Waals surface area contributed by atoms with Crippen molar-refractivity contribution in [2.45, 2.75) is 38.1 Å². The Morgan fingerprint density at radius 1 is 1.21 bits per heavy atom. The van der Waals surface area contributed by atoms with E-state index in [1.165, 1.54) is 12.7 Å². The maximum atomic E-state index is 11.4. The van der Waals surface area contributed by atoms with E-state index in [0.29, 0.717) is 6.04 Å². The summed E-state index contributed by atoms with van der Waals surface area (Å²) in [6.07, 6.45) is 5.13. The van der Waals surface area contributed by atoms with E-state index >= 15 is 0 Å². The minimum atomic E-state index is -0.0391. The minimum absolute atomic E-state index is 0.0391. The minimum Gasteiger partial charge on any atom is -0.469 e. The Bertz CT molecular complexity index is 383. The van der Waals surface area contributed by atoms with Gasteiger partial charge in [0.2, 0.25) is 0 Å². The van der Waals surface area contributed by atoms with Crippen LogP contribution in [0.1, 0.15) is 31.2 Å². The average Bonchev–Trinajstić information content (AvgIpc) is 2.48. The second-order valence-electron chi connectivity index (χ2n) is 5.26. The van der Waals surface area contributed by atoms with Gasteiger partial charge in [0.1, 0.15) is 0 Å². The fraction of sp³-hybridized carbons (Fsp3) is 0.562. The molecule has 1 saturated carbocycles. The van der Waals surface area contributed by atoms with Gasteiger partial charge in [-0.15, -0.1) is 0 Å². The maximum Gasteiger partial charge on any atom is 0.308 e. The molecule has 19 heavy (non-hydrogen) atoms. The zero-order valence-corrected chi connectivity index (χ0v) is 11.6. The predicted molar refractivity (Wildman–Crippen MR) is 75.9 cm³/mol. The summed E-state index contributed by atoms with van der Waals surface area (Å²) in [7, 11) is 1.48. The Kier molecular flexibility index (Phi) is 5.40. The number of carbonyl (C=O) groups excluding carboxylic acids is 1. The number of nitrogens with one attached hydrogen (secondary N) is 1. The summed E-state index contributed by atoms with van der Waals surface area (Å²) in [5.41, 5.74) is 1.37. The quantitative estimate of drug-likeness (QED) is 0.828. The van der Waals surface area contributed by atoms with Gasteiger partial charge in [-0.25, -0.2) is 0 Å². The molecule has 0 unspecified atom stereocenters. The molecule has 0 amide bonds. The largest absolute Gasteiger partial charge is 0.469 e. The molecule has 0 atom stereocenters. The van der Waals surface area contributed by atoms with Gasteiger partial charge in [-0.3, -0.25) is 4.79 Å². The highest BCUT2D eigenvalue weighted by molar-refractivity contribution is 5.72. The fourth-order valence-electron chi connectivity index (χ4n) is 2.77. The Balaban J connectivity index is 1.65. The standard InChI is InChI=1S/C16H23NO2/c1-19-16(18)14-7-9-15(10-8-14)17-12-11-13-5-3-2-4-6-13/h2-6,14-15,17H,7-12H2,1H3. The van der Waals surface area contributed by atoms with Crippen molar-refractivity contribution >= 4 is 5.97 Å². The third kappa shape index (κ3) is 4.35. The number of rotatable bonds is 5. The molecule has 1 fully saturated rings. The topological polar surface area (TPSA) is 38.3 Å². The lowest BCUT2D eigenvalue weighted by Crippen LogP contribution is -2.36. The first-order chi connectivity index (χ1) is 9.29. The number of carbonyl (C=O) groups is 1. The lowest BCUT2D eigenvalue weighted by Gasteiger charge is -2.27. The molecule has 0 bridgehead atoms. The van der Waals surface area contributed by atoms with E-state index in [0.717, 1.165) is 38.6 Å². The summed E-state index contributed by atoms with van der Waals surface area (Å²) in [6, 6.07) is 11.1. The molecule has 1 aliphatic carbocycles. The first kappa shape index (κ1) is 14.1. The molecule has 104 valence electrons. The van der Waals surface area contributed by atoms with Crippen LogP contribution in [0.15, 0.2) is 30.3 Å². The normalized spacial score (nSPS) is 23.0. The fourth-order valence-corrected chi connectivity index (χ4v) is 2.77. The molecular weight excluding hydrogens is 238 g/mol. The van der Waals surface area contributed by atoms with Crippen molar-refractivity contribution in [1.29, 1.82) is 0 Å². The van der Waals surface area contributed by atoms with Crippen LogP contribution in [0.4, 0.5) is 0 Å². The van der Waals surface area contributed by atoms with Crippen molar-refractivity contribution in [2.24, 2.45) is 5.92 Å². The summed E-state index contributed by atoms with van der Waals surface area (Å²) >= 11 is 0. The van der Waals surface area contributed by atoms with Crippen molar-refractivity contribution in [3.63, 3.8) is 0 Å². The maximum absolute atomic E-state index is 11.4. The van der Waals surface area contributed by atoms with Crippen molar-refractivity contribution in [1.82, 2.24) is 5.32 Å². The molecule has 0 aromatic heterocycles. The number of benzene rings is 1. The molecule has 0 radical (unpaired) electrons. The molecule has 1 aromatic rings. The number of hydrogen-bond acceptors (Lipinski definition) is 3. The van der Waals surface area contributed by atoms with Crippen LogP contribution in [-0.4, -0.2) is 25.7 Å². The van der Waals surface area contributed by atoms with Gasteiger partial charge in [-0.1, -0.05) is 30.3 Å². The second-order valence-corrected chi connectivity index (χ2v) is 5.26. The molecule has 0 heterocycles. The van der Waals surface area contributed by atoms with E-state index in [1.807, 2.05) is 6.07 Å². The molecule has 2 rings (SSSR count). The van der Waals surface area contributed by atoms with E-state index in [4.69, 9.17) is 4.74 Å². The van der Waals surface area contributed by atoms with E-state index in [1.54, 1.807) is 0 Å². The first-order valence-electron chi connectivity index (χ1n) is 7.14. The van der Waals surface area contributed by atoms with Gasteiger partial charge in [0.15, 0.2) is 0 Å². The summed E-state index contributed by atoms with van der Waals surface area (Å²) in [6.45, 7) is 1.01. The third-order valence-corrected chi connectivity index (χ3v) is 3.95. The molecular formula is C16H23NO2. The van der Waals surface area contributed by atoms with Crippen LogP contribution in [-0.2, 0) is 16.0 Å². The number of ether oxygens (including phenoxy) is 1. The van der Waals surface area contributed by atoms with Gasteiger partial charge < -0.3 is 10.1 Å². The van der Waals surface area contributed by atoms with Gasteiger partial charge in [0, 0.05) is 6.04 Å². The molecule has 3 nitrogen and oxygen atoms in total. The Hall–Kier alpha value is -1.35. The number of hydrogen-bond donors (Lipinski definition) is 1. The average molecular weight is 261 g/mol. The highest BCUT2D eigenvalue weighted by Crippen LogP contribution is 2.25. The van der Waals surface area contributed by atoms with Crippen LogP contribution >= 0.6 is 0 Å². The summed E-state index contributed by atoms with van der Waals surface area (Å²) in [5.74, 6) is 0.0832. The van der Waals surface area contributed by atoms with Gasteiger partial charge in [0.05, 0.1) is 13.0 Å². The Morgan fingerprint density at radius 3 is 2.53 bits per heavy atom. The van der Waals surface area contributed by atoms with Crippen LogP contribution in [0, 0.1) is 5.92 Å². The summed E-state index contributed by atoms with van der Waals surface area (Å²) in [4.78, 5) is 11.4. The van der Waals surface area contributed by atoms with Crippen LogP contribution in [0.2, 0.25) is 0 Å². The van der Waals surface area contributed by atoms with E-state index < -0.39 is 0 Å². The molecule has 1 N–H and O–H groups in total. The third-order valence-electron chi connectivity index (χ3n) is 3.95. The first-order valence-corrected chi connectivity index (χ1v) is 7.14. The molecule has 1 aromatic carbocycles. The van der Waals surface area contributed by atoms with Gasteiger partial charge in [-0.2, -0.15) is 0 Å². The van der Waals surface area contributed by atoms with Crippen LogP contribution in [0.25, 0.3) is 0 Å². The van der Waals surface area contributed by atoms with E-state index in [2.05, 4.69) is 29.6 Å². The zero-order chi connectivity index (χ0) is 13.5. The Morgan fingerprint density at radius 2 is 1.89 bits per heavy atom. The van der Waals surface area contributed by atoms with E-state index in [-0.39, 0.29) is 11.9 Å². The SMILES string of the molecule is COC(=O)C1CCC(NCCc2ccccc2)CC1. The van der Waals surface area contributed by atoms with Crippen molar-refractivity contribution in [3.05, 3.63) is 35.9 Å². The molecule has 1 aliphatic rings. The lowest BCUT2D eigenvalue weighted by molar-refractivity contribution is -0.146. The van der Waals surface area contributed by atoms with Crippen molar-refractivity contribution < 1.29 is 9.53 Å². The number of methoxy groups -OCH3 is 1. The van der Waals surface area contributed by atoms with Crippen LogP contribution in [0.5, 0.6) is 0 Å². The second kappa shape index (κ2) is 7.29. The van der Waals surface area contributed by atoms with Crippen LogP contribution < -0.4 is 5.32 Å². The van der Waals surface area contributed by atoms with Gasteiger partial charge in [0.25, 0.3) is 0 Å². The summed E-state index contributed by atoms with van der Waals surface area (Å²) in [5, 5.41) is 3.60. The highest BCUT2D eigenvalue weighted by atomic mass is 16.5. The smallest absolute Gasteiger partial charge is 0.308 e. The van der Waals surface area contributed by atoms with Crippen LogP contribution in [0.3, 0.4) is 0 Å². The highest BCUT2D eigenvalue weighted by Gasteiger charge is 2.26. The van der Waals surface area contributed by atoms with Crippen molar-refractivity contribution in [3.8, 4) is 0 Å². The van der Waals surface area contributed by atoms with Gasteiger partial charge >= 0.3 is 5.97 Å². The molecule has 0 aliphatic heterocycles. The molecule has 0 saturated heterocycles. The zero-order valence-electron chi connectivity index (χ0n) is 11.6. The lowest BCUT2D eigenvalue weighted by atomic mass is 9.86. The van der Waals surface area contributed by atoms with Gasteiger partial charge in [-0.05, 0) is 44.2 Å². The number of esters is 1. The van der Waals surface area contributed by atoms with Crippen molar-refractivity contribution in [2.75, 3.05) is 13.7 Å². The monoisotopic (exact) mass is 261 g/mol. The molecule has 0 spiro atoms. The van der Waals surface area contributed by atoms with E-state index in [9.17, 15) is 4.79 Å². The summed E-state index contributed by atoms with van der Waals surface area (Å²) < 4.78 is 4.80. The predicted octanol–water partition coefficient (Wildman–Crippen LogP) is 2.55.